The van der Waals surface area contributed by atoms with Gasteiger partial charge in [0.05, 0.1) is 0 Å². The molecule has 0 saturated carbocycles. The van der Waals surface area contributed by atoms with Crippen LogP contribution in [0.4, 0.5) is 5.69 Å². The van der Waals surface area contributed by atoms with Crippen LogP contribution in [0.1, 0.15) is 19.3 Å². The predicted octanol–water partition coefficient (Wildman–Crippen LogP) is 5.40. The molecule has 0 spiro atoms. The molecule has 0 aliphatic carbocycles. The number of anilines is 1. The molecule has 1 N–H and O–H groups in total. The Morgan fingerprint density at radius 1 is 1.17 bits per heavy atom. The second-order valence-corrected chi connectivity index (χ2v) is 9.28. The van der Waals surface area contributed by atoms with Crippen molar-refractivity contribution in [1.82, 2.24) is 10.3 Å². The number of amides is 1. The minimum atomic E-state index is 0.0912. The van der Waals surface area contributed by atoms with Crippen LogP contribution in [0, 0.1) is 5.92 Å². The zero-order valence-corrected chi connectivity index (χ0v) is 18.6. The van der Waals surface area contributed by atoms with E-state index >= 15 is 0 Å². The Morgan fingerprint density at radius 3 is 2.73 bits per heavy atom. The molecule has 1 saturated heterocycles. The highest BCUT2D eigenvalue weighted by atomic mass is 35.5. The van der Waals surface area contributed by atoms with E-state index in [1.54, 1.807) is 7.05 Å². The van der Waals surface area contributed by atoms with E-state index in [9.17, 15) is 4.79 Å². The Bertz CT molecular complexity index is 1010. The van der Waals surface area contributed by atoms with Crippen molar-refractivity contribution in [2.75, 3.05) is 24.2 Å². The van der Waals surface area contributed by atoms with Gasteiger partial charge in [0.1, 0.15) is 0 Å². The van der Waals surface area contributed by atoms with Crippen LogP contribution in [-0.2, 0) is 4.79 Å². The van der Waals surface area contributed by atoms with Crippen LogP contribution in [0.2, 0.25) is 5.02 Å². The lowest BCUT2D eigenvalue weighted by atomic mass is 9.88. The van der Waals surface area contributed by atoms with E-state index < -0.39 is 0 Å². The van der Waals surface area contributed by atoms with Crippen LogP contribution < -0.4 is 10.2 Å². The van der Waals surface area contributed by atoms with Gasteiger partial charge in [0.15, 0.2) is 0 Å². The Morgan fingerprint density at radius 2 is 1.93 bits per heavy atom. The largest absolute Gasteiger partial charge is 0.368 e. The van der Waals surface area contributed by atoms with Crippen molar-refractivity contribution in [3.8, 4) is 0 Å². The smallest absolute Gasteiger partial charge is 0.222 e. The first-order valence-electron chi connectivity index (χ1n) is 10.3. The quantitative estimate of drug-likeness (QED) is 0.522. The predicted molar refractivity (Wildman–Crippen MR) is 126 cm³/mol. The molecule has 4 rings (SSSR count). The van der Waals surface area contributed by atoms with Crippen LogP contribution in [0.25, 0.3) is 10.8 Å². The van der Waals surface area contributed by atoms with Crippen molar-refractivity contribution < 1.29 is 4.79 Å². The maximum atomic E-state index is 12.2. The number of nitrogens with zero attached hydrogens (tertiary/aromatic N) is 2. The first-order chi connectivity index (χ1) is 14.6. The molecule has 156 valence electrons. The van der Waals surface area contributed by atoms with Gasteiger partial charge in [0.25, 0.3) is 0 Å². The van der Waals surface area contributed by atoms with Gasteiger partial charge in [0, 0.05) is 53.6 Å². The number of aromatic nitrogens is 1. The normalized spacial score (nSPS) is 19.1. The van der Waals surface area contributed by atoms with Crippen LogP contribution in [-0.4, -0.2) is 36.3 Å². The SMILES string of the molecule is CNC(=O)C1CCN(c2ccncc2)C(CCSc2ccc3cc(Cl)ccc3c2)C1. The molecule has 1 amide bonds. The number of fused-ring (bicyclic) bond motifs is 1. The van der Waals surface area contributed by atoms with Gasteiger partial charge in [0.2, 0.25) is 5.91 Å². The number of rotatable bonds is 6. The number of piperidine rings is 1. The highest BCUT2D eigenvalue weighted by molar-refractivity contribution is 7.99. The third-order valence-electron chi connectivity index (χ3n) is 5.82. The Balaban J connectivity index is 1.44. The lowest BCUT2D eigenvalue weighted by Gasteiger charge is -2.40. The van der Waals surface area contributed by atoms with Gasteiger partial charge in [-0.05, 0) is 72.2 Å². The fourth-order valence-electron chi connectivity index (χ4n) is 4.24. The van der Waals surface area contributed by atoms with Gasteiger partial charge >= 0.3 is 0 Å². The second kappa shape index (κ2) is 9.71. The summed E-state index contributed by atoms with van der Waals surface area (Å²) in [6, 6.07) is 17.0. The molecule has 2 aromatic carbocycles. The Hall–Kier alpha value is -2.24. The molecule has 3 aromatic rings. The molecule has 4 nitrogen and oxygen atoms in total. The molecule has 1 aromatic heterocycles. The zero-order valence-electron chi connectivity index (χ0n) is 17.1. The summed E-state index contributed by atoms with van der Waals surface area (Å²) in [5.74, 6) is 1.26. The topological polar surface area (TPSA) is 45.2 Å². The molecule has 2 heterocycles. The van der Waals surface area contributed by atoms with Crippen molar-refractivity contribution in [1.29, 1.82) is 0 Å². The third kappa shape index (κ3) is 4.90. The molecule has 6 heteroatoms. The number of nitrogens with one attached hydrogen (secondary N) is 1. The molecule has 0 radical (unpaired) electrons. The first kappa shape index (κ1) is 21.0. The van der Waals surface area contributed by atoms with E-state index in [0.29, 0.717) is 6.04 Å². The number of hydrogen-bond donors (Lipinski definition) is 1. The average Bonchev–Trinajstić information content (AvgIpc) is 2.79. The summed E-state index contributed by atoms with van der Waals surface area (Å²) < 4.78 is 0. The second-order valence-electron chi connectivity index (χ2n) is 7.68. The monoisotopic (exact) mass is 439 g/mol. The molecular formula is C24H26ClN3OS. The van der Waals surface area contributed by atoms with Gasteiger partial charge in [-0.1, -0.05) is 23.7 Å². The molecule has 30 heavy (non-hydrogen) atoms. The fraction of sp³-hybridized carbons (Fsp3) is 0.333. The van der Waals surface area contributed by atoms with Gasteiger partial charge < -0.3 is 10.2 Å². The zero-order chi connectivity index (χ0) is 20.9. The third-order valence-corrected chi connectivity index (χ3v) is 7.08. The number of halogens is 1. The Labute approximate surface area is 187 Å². The summed E-state index contributed by atoms with van der Waals surface area (Å²) in [6.45, 7) is 0.897. The minimum absolute atomic E-state index is 0.0912. The summed E-state index contributed by atoms with van der Waals surface area (Å²) in [7, 11) is 1.73. The van der Waals surface area contributed by atoms with E-state index in [4.69, 9.17) is 11.6 Å². The van der Waals surface area contributed by atoms with Crippen molar-refractivity contribution in [3.63, 3.8) is 0 Å². The van der Waals surface area contributed by atoms with Crippen LogP contribution in [0.15, 0.2) is 65.8 Å². The van der Waals surface area contributed by atoms with Crippen LogP contribution >= 0.6 is 23.4 Å². The standard InChI is InChI=1S/C24H26ClN3OS/c1-26-24(29)19-8-12-28(21-6-10-27-11-7-21)22(15-19)9-13-30-23-5-3-17-14-20(25)4-2-18(17)16-23/h2-7,10-11,14,16,19,22H,8-9,12-13,15H2,1H3,(H,26,29). The molecule has 0 bridgehead atoms. The van der Waals surface area contributed by atoms with E-state index in [1.807, 2.05) is 36.3 Å². The molecule has 2 unspecified atom stereocenters. The number of thioether (sulfide) groups is 1. The lowest BCUT2D eigenvalue weighted by molar-refractivity contribution is -0.125. The number of pyridine rings is 1. The highest BCUT2D eigenvalue weighted by Gasteiger charge is 2.31. The summed E-state index contributed by atoms with van der Waals surface area (Å²) in [6.07, 6.45) is 6.48. The molecular weight excluding hydrogens is 414 g/mol. The number of benzene rings is 2. The Kier molecular flexibility index (Phi) is 6.80. The van der Waals surface area contributed by atoms with Gasteiger partial charge in [-0.15, -0.1) is 11.8 Å². The van der Waals surface area contributed by atoms with E-state index in [0.717, 1.165) is 42.0 Å². The number of carbonyl (C=O) groups is 1. The molecule has 1 aliphatic rings. The first-order valence-corrected chi connectivity index (χ1v) is 11.7. The van der Waals surface area contributed by atoms with Crippen LogP contribution in [0.3, 0.4) is 0 Å². The minimum Gasteiger partial charge on any atom is -0.368 e. The van der Waals surface area contributed by atoms with E-state index in [1.165, 1.54) is 16.0 Å². The van der Waals surface area contributed by atoms with Crippen molar-refractivity contribution in [3.05, 3.63) is 65.9 Å². The van der Waals surface area contributed by atoms with Gasteiger partial charge in [-0.25, -0.2) is 0 Å². The van der Waals surface area contributed by atoms with Crippen molar-refractivity contribution >= 4 is 45.7 Å². The highest BCUT2D eigenvalue weighted by Crippen LogP contribution is 2.32. The lowest BCUT2D eigenvalue weighted by Crippen LogP contribution is -2.46. The van der Waals surface area contributed by atoms with Gasteiger partial charge in [-0.3, -0.25) is 9.78 Å². The summed E-state index contributed by atoms with van der Waals surface area (Å²) >= 11 is 7.97. The molecule has 1 aliphatic heterocycles. The number of hydrogen-bond acceptors (Lipinski definition) is 4. The fourth-order valence-corrected chi connectivity index (χ4v) is 5.42. The summed E-state index contributed by atoms with van der Waals surface area (Å²) in [5.41, 5.74) is 1.19. The maximum absolute atomic E-state index is 12.2. The summed E-state index contributed by atoms with van der Waals surface area (Å²) in [4.78, 5) is 20.1. The van der Waals surface area contributed by atoms with E-state index in [2.05, 4.69) is 51.6 Å². The van der Waals surface area contributed by atoms with Crippen molar-refractivity contribution in [2.24, 2.45) is 5.92 Å². The van der Waals surface area contributed by atoms with Crippen LogP contribution in [0.5, 0.6) is 0 Å². The average molecular weight is 440 g/mol. The van der Waals surface area contributed by atoms with Gasteiger partial charge in [-0.2, -0.15) is 0 Å². The van der Waals surface area contributed by atoms with E-state index in [-0.39, 0.29) is 11.8 Å². The number of carbonyl (C=O) groups excluding carboxylic acids is 1. The van der Waals surface area contributed by atoms with Crippen molar-refractivity contribution in [2.45, 2.75) is 30.2 Å². The molecule has 1 fully saturated rings. The summed E-state index contributed by atoms with van der Waals surface area (Å²) in [5, 5.41) is 5.97. The molecule has 2 atom stereocenters. The maximum Gasteiger partial charge on any atom is 0.222 e.